The molecule has 1 atom stereocenters. The lowest BCUT2D eigenvalue weighted by molar-refractivity contribution is -0.116. The number of rotatable bonds is 3. The fraction of sp³-hybridized carbons (Fsp3) is 0.200. The first kappa shape index (κ1) is 17.4. The average molecular weight is 378 g/mol. The summed E-state index contributed by atoms with van der Waals surface area (Å²) in [6.07, 6.45) is 3.99. The zero-order valence-electron chi connectivity index (χ0n) is 15.0. The topological polar surface area (TPSA) is 75.2 Å². The van der Waals surface area contributed by atoms with Crippen LogP contribution in [0.2, 0.25) is 0 Å². The van der Waals surface area contributed by atoms with Crippen molar-refractivity contribution in [3.63, 3.8) is 0 Å². The molecule has 136 valence electrons. The molecule has 7 heteroatoms. The van der Waals surface area contributed by atoms with Gasteiger partial charge in [-0.2, -0.15) is 0 Å². The molecule has 4 rings (SSSR count). The molecular weight excluding hydrogens is 360 g/mol. The number of amides is 2. The molecule has 0 fully saturated rings. The van der Waals surface area contributed by atoms with E-state index in [2.05, 4.69) is 28.3 Å². The summed E-state index contributed by atoms with van der Waals surface area (Å²) in [5.74, 6) is -0.151. The van der Waals surface area contributed by atoms with Crippen molar-refractivity contribution in [1.82, 2.24) is 9.97 Å². The lowest BCUT2D eigenvalue weighted by atomic mass is 10.1. The van der Waals surface area contributed by atoms with Gasteiger partial charge in [0.1, 0.15) is 0 Å². The maximum Gasteiger partial charge on any atom is 0.257 e. The average Bonchev–Trinajstić information content (AvgIpc) is 3.25. The molecule has 6 nitrogen and oxygen atoms in total. The van der Waals surface area contributed by atoms with Crippen molar-refractivity contribution in [3.05, 3.63) is 59.2 Å². The molecule has 27 heavy (non-hydrogen) atoms. The van der Waals surface area contributed by atoms with Crippen molar-refractivity contribution >= 4 is 34.0 Å². The zero-order chi connectivity index (χ0) is 19.0. The van der Waals surface area contributed by atoms with E-state index in [1.165, 1.54) is 11.3 Å². The van der Waals surface area contributed by atoms with E-state index < -0.39 is 0 Å². The number of hydrogen-bond donors (Lipinski definition) is 1. The van der Waals surface area contributed by atoms with Gasteiger partial charge in [-0.3, -0.25) is 19.9 Å². The minimum absolute atomic E-state index is 0.0590. The number of nitrogens with one attached hydrogen (secondary N) is 1. The molecule has 0 aliphatic carbocycles. The first-order valence-corrected chi connectivity index (χ1v) is 9.51. The first-order chi connectivity index (χ1) is 13.0. The highest BCUT2D eigenvalue weighted by molar-refractivity contribution is 7.14. The van der Waals surface area contributed by atoms with E-state index in [0.717, 1.165) is 28.9 Å². The van der Waals surface area contributed by atoms with Crippen molar-refractivity contribution in [2.45, 2.75) is 26.3 Å². The van der Waals surface area contributed by atoms with Gasteiger partial charge < -0.3 is 4.90 Å². The molecule has 1 N–H and O–H groups in total. The van der Waals surface area contributed by atoms with E-state index in [1.807, 2.05) is 22.4 Å². The Morgan fingerprint density at radius 3 is 2.74 bits per heavy atom. The molecule has 0 bridgehead atoms. The summed E-state index contributed by atoms with van der Waals surface area (Å²) in [5, 5.41) is 5.29. The third-order valence-corrected chi connectivity index (χ3v) is 5.36. The first-order valence-electron chi connectivity index (χ1n) is 8.63. The molecule has 1 aromatic carbocycles. The Labute approximate surface area is 160 Å². The molecule has 3 heterocycles. The van der Waals surface area contributed by atoms with Crippen LogP contribution in [-0.2, 0) is 11.2 Å². The maximum atomic E-state index is 12.2. The van der Waals surface area contributed by atoms with Crippen LogP contribution < -0.4 is 10.2 Å². The zero-order valence-corrected chi connectivity index (χ0v) is 15.8. The molecule has 0 spiro atoms. The van der Waals surface area contributed by atoms with Crippen molar-refractivity contribution in [2.75, 3.05) is 10.2 Å². The number of carbonyl (C=O) groups excluding carboxylic acids is 2. The standard InChI is InChI=1S/C20H18N4O2S/c1-12-9-16-10-15(3-4-18(16)24(12)13(2)25)17-11-27-20(22-17)23-19(26)14-5-7-21-8-6-14/h3-8,10-12H,9H2,1-2H3,(H,22,23,26)/t12-/m0/s1. The molecule has 2 aromatic heterocycles. The number of fused-ring (bicyclic) bond motifs is 1. The fourth-order valence-electron chi connectivity index (χ4n) is 3.41. The lowest BCUT2D eigenvalue weighted by Gasteiger charge is -2.20. The molecule has 1 aliphatic heterocycles. The van der Waals surface area contributed by atoms with E-state index in [0.29, 0.717) is 10.7 Å². The van der Waals surface area contributed by atoms with Crippen LogP contribution in [0.15, 0.2) is 48.1 Å². The number of thiazole rings is 1. The van der Waals surface area contributed by atoms with Crippen LogP contribution in [-0.4, -0.2) is 27.8 Å². The minimum atomic E-state index is -0.210. The van der Waals surface area contributed by atoms with Crippen LogP contribution in [0.5, 0.6) is 0 Å². The summed E-state index contributed by atoms with van der Waals surface area (Å²) >= 11 is 1.38. The summed E-state index contributed by atoms with van der Waals surface area (Å²) in [6, 6.07) is 9.51. The minimum Gasteiger partial charge on any atom is -0.309 e. The van der Waals surface area contributed by atoms with Crippen LogP contribution >= 0.6 is 11.3 Å². The Balaban J connectivity index is 1.55. The van der Waals surface area contributed by atoms with E-state index in [1.54, 1.807) is 31.5 Å². The number of aromatic nitrogens is 2. The van der Waals surface area contributed by atoms with Crippen LogP contribution in [0.1, 0.15) is 29.8 Å². The van der Waals surface area contributed by atoms with E-state index in [4.69, 9.17) is 0 Å². The second-order valence-electron chi connectivity index (χ2n) is 6.51. The molecular formula is C20H18N4O2S. The number of benzene rings is 1. The quantitative estimate of drug-likeness (QED) is 0.753. The summed E-state index contributed by atoms with van der Waals surface area (Å²) in [5.41, 5.74) is 4.44. The summed E-state index contributed by atoms with van der Waals surface area (Å²) in [7, 11) is 0. The largest absolute Gasteiger partial charge is 0.309 e. The van der Waals surface area contributed by atoms with Gasteiger partial charge in [-0.25, -0.2) is 4.98 Å². The van der Waals surface area contributed by atoms with Crippen LogP contribution in [0.4, 0.5) is 10.8 Å². The predicted molar refractivity (Wildman–Crippen MR) is 106 cm³/mol. The molecule has 0 radical (unpaired) electrons. The van der Waals surface area contributed by atoms with Crippen molar-refractivity contribution in [3.8, 4) is 11.3 Å². The van der Waals surface area contributed by atoms with E-state index >= 15 is 0 Å². The van der Waals surface area contributed by atoms with Gasteiger partial charge in [0.15, 0.2) is 5.13 Å². The van der Waals surface area contributed by atoms with Crippen molar-refractivity contribution < 1.29 is 9.59 Å². The smallest absolute Gasteiger partial charge is 0.257 e. The number of anilines is 2. The lowest BCUT2D eigenvalue weighted by Crippen LogP contribution is -2.33. The molecule has 3 aromatic rings. The molecule has 0 saturated carbocycles. The van der Waals surface area contributed by atoms with Crippen LogP contribution in [0.3, 0.4) is 0 Å². The van der Waals surface area contributed by atoms with Gasteiger partial charge in [0.25, 0.3) is 5.91 Å². The highest BCUT2D eigenvalue weighted by Crippen LogP contribution is 2.36. The Bertz CT molecular complexity index is 1020. The Kier molecular flexibility index (Phi) is 4.45. The SMILES string of the molecule is CC(=O)N1c2ccc(-c3csc(NC(=O)c4ccncc4)n3)cc2C[C@@H]1C. The number of carbonyl (C=O) groups is 2. The molecule has 2 amide bonds. The maximum absolute atomic E-state index is 12.2. The highest BCUT2D eigenvalue weighted by atomic mass is 32.1. The number of pyridine rings is 1. The molecule has 0 saturated heterocycles. The normalized spacial score (nSPS) is 15.5. The Morgan fingerprint density at radius 1 is 1.22 bits per heavy atom. The Morgan fingerprint density at radius 2 is 2.00 bits per heavy atom. The number of nitrogens with zero attached hydrogens (tertiary/aromatic N) is 3. The van der Waals surface area contributed by atoms with Gasteiger partial charge in [0.05, 0.1) is 5.69 Å². The third kappa shape index (κ3) is 3.33. The van der Waals surface area contributed by atoms with Gasteiger partial charge in [0.2, 0.25) is 5.91 Å². The second kappa shape index (κ2) is 6.92. The second-order valence-corrected chi connectivity index (χ2v) is 7.37. The highest BCUT2D eigenvalue weighted by Gasteiger charge is 2.29. The van der Waals surface area contributed by atoms with Crippen molar-refractivity contribution in [2.24, 2.45) is 0 Å². The third-order valence-electron chi connectivity index (χ3n) is 4.60. The van der Waals surface area contributed by atoms with Crippen LogP contribution in [0.25, 0.3) is 11.3 Å². The van der Waals surface area contributed by atoms with Gasteiger partial charge in [-0.15, -0.1) is 11.3 Å². The van der Waals surface area contributed by atoms with Crippen LogP contribution in [0, 0.1) is 0 Å². The van der Waals surface area contributed by atoms with Gasteiger partial charge >= 0.3 is 0 Å². The summed E-state index contributed by atoms with van der Waals surface area (Å²) < 4.78 is 0. The summed E-state index contributed by atoms with van der Waals surface area (Å²) in [6.45, 7) is 3.65. The molecule has 0 unspecified atom stereocenters. The van der Waals surface area contributed by atoms with Crippen molar-refractivity contribution in [1.29, 1.82) is 0 Å². The number of hydrogen-bond acceptors (Lipinski definition) is 5. The fourth-order valence-corrected chi connectivity index (χ4v) is 4.12. The monoisotopic (exact) mass is 378 g/mol. The summed E-state index contributed by atoms with van der Waals surface area (Å²) in [4.78, 5) is 34.4. The molecule has 1 aliphatic rings. The van der Waals surface area contributed by atoms with Gasteiger partial charge in [0, 0.05) is 47.6 Å². The predicted octanol–water partition coefficient (Wildman–Crippen LogP) is 3.75. The van der Waals surface area contributed by atoms with E-state index in [9.17, 15) is 9.59 Å². The Hall–Kier alpha value is -3.06. The van der Waals surface area contributed by atoms with Gasteiger partial charge in [-0.05, 0) is 43.2 Å². The van der Waals surface area contributed by atoms with E-state index in [-0.39, 0.29) is 17.9 Å². The van der Waals surface area contributed by atoms with Gasteiger partial charge in [-0.1, -0.05) is 6.07 Å².